The highest BCUT2D eigenvalue weighted by atomic mass is 79.9. The number of fused-ring (bicyclic) bond motifs is 1. The Morgan fingerprint density at radius 2 is 1.92 bits per heavy atom. The molecule has 3 atom stereocenters. The number of aromatic amines is 1. The van der Waals surface area contributed by atoms with Gasteiger partial charge in [-0.2, -0.15) is 0 Å². The Bertz CT molecular complexity index is 781. The van der Waals surface area contributed by atoms with Crippen molar-refractivity contribution in [3.05, 3.63) is 36.0 Å². The minimum Gasteiger partial charge on any atom is -0.361 e. The second-order valence-corrected chi connectivity index (χ2v) is 8.93. The number of carbonyl (C=O) groups excluding carboxylic acids is 1. The van der Waals surface area contributed by atoms with Crippen molar-refractivity contribution in [2.45, 2.75) is 49.5 Å². The van der Waals surface area contributed by atoms with Gasteiger partial charge in [0.05, 0.1) is 4.83 Å². The van der Waals surface area contributed by atoms with Gasteiger partial charge >= 0.3 is 0 Å². The van der Waals surface area contributed by atoms with E-state index in [2.05, 4.69) is 76.1 Å². The normalized spacial score (nSPS) is 27.5. The quantitative estimate of drug-likeness (QED) is 0.670. The van der Waals surface area contributed by atoms with E-state index in [0.29, 0.717) is 11.8 Å². The number of carbonyl (C=O) groups is 1. The molecule has 3 heterocycles. The molecule has 2 aliphatic rings. The number of para-hydroxylation sites is 1. The van der Waals surface area contributed by atoms with Gasteiger partial charge in [-0.05, 0) is 36.3 Å². The van der Waals surface area contributed by atoms with Crippen LogP contribution in [0.1, 0.15) is 38.2 Å². The average molecular weight is 419 g/mol. The van der Waals surface area contributed by atoms with Crippen LogP contribution in [0.3, 0.4) is 0 Å². The van der Waals surface area contributed by atoms with E-state index >= 15 is 0 Å². The van der Waals surface area contributed by atoms with E-state index in [0.717, 1.165) is 25.9 Å². The first-order valence-corrected chi connectivity index (χ1v) is 10.5. The average Bonchev–Trinajstić information content (AvgIpc) is 3.25. The van der Waals surface area contributed by atoms with E-state index in [-0.39, 0.29) is 22.8 Å². The SMILES string of the molecule is CC(C)C1NNC(C(=O)N2CCC(c3c[nH]c4ccccc34)CC2)C1Br. The number of piperidine rings is 1. The molecule has 0 saturated carbocycles. The molecule has 6 heteroatoms. The number of nitrogens with one attached hydrogen (secondary N) is 3. The third kappa shape index (κ3) is 3.19. The highest BCUT2D eigenvalue weighted by Gasteiger charge is 2.42. The predicted molar refractivity (Wildman–Crippen MR) is 108 cm³/mol. The number of halogens is 1. The lowest BCUT2D eigenvalue weighted by Crippen LogP contribution is -2.50. The number of alkyl halides is 1. The number of hydrogen-bond donors (Lipinski definition) is 3. The largest absolute Gasteiger partial charge is 0.361 e. The van der Waals surface area contributed by atoms with Gasteiger partial charge in [0.15, 0.2) is 0 Å². The zero-order valence-electron chi connectivity index (χ0n) is 15.3. The molecule has 2 saturated heterocycles. The summed E-state index contributed by atoms with van der Waals surface area (Å²) in [6, 6.07) is 8.55. The van der Waals surface area contributed by atoms with Crippen LogP contribution >= 0.6 is 15.9 Å². The zero-order chi connectivity index (χ0) is 18.3. The maximum atomic E-state index is 13.0. The summed E-state index contributed by atoms with van der Waals surface area (Å²) in [5, 5.41) is 1.32. The van der Waals surface area contributed by atoms with Crippen LogP contribution in [0.25, 0.3) is 10.9 Å². The molecule has 0 spiro atoms. The lowest BCUT2D eigenvalue weighted by Gasteiger charge is -2.34. The van der Waals surface area contributed by atoms with E-state index in [1.54, 1.807) is 0 Å². The Hall–Kier alpha value is -1.37. The van der Waals surface area contributed by atoms with Crippen LogP contribution in [0, 0.1) is 5.92 Å². The summed E-state index contributed by atoms with van der Waals surface area (Å²) in [5.41, 5.74) is 9.08. The van der Waals surface area contributed by atoms with Crippen molar-refractivity contribution in [3.8, 4) is 0 Å². The van der Waals surface area contributed by atoms with Crippen LogP contribution in [-0.2, 0) is 4.79 Å². The molecule has 1 aromatic carbocycles. The summed E-state index contributed by atoms with van der Waals surface area (Å²) in [4.78, 5) is 18.5. The zero-order valence-corrected chi connectivity index (χ0v) is 16.9. The standard InChI is InChI=1S/C20H27BrN4O/c1-12(2)18-17(21)19(24-23-18)20(26)25-9-7-13(8-10-25)15-11-22-16-6-4-3-5-14(15)16/h3-6,11-13,17-19,22-24H,7-10H2,1-2H3. The summed E-state index contributed by atoms with van der Waals surface area (Å²) >= 11 is 3.73. The number of H-pyrrole nitrogens is 1. The topological polar surface area (TPSA) is 60.2 Å². The molecule has 0 bridgehead atoms. The molecule has 3 N–H and O–H groups in total. The molecule has 1 amide bonds. The molecule has 1 aromatic heterocycles. The number of hydrogen-bond acceptors (Lipinski definition) is 3. The summed E-state index contributed by atoms with van der Waals surface area (Å²) < 4.78 is 0. The number of rotatable bonds is 3. The monoisotopic (exact) mass is 418 g/mol. The van der Waals surface area contributed by atoms with Gasteiger partial charge in [-0.25, -0.2) is 5.43 Å². The summed E-state index contributed by atoms with van der Waals surface area (Å²) in [6.45, 7) is 6.00. The summed E-state index contributed by atoms with van der Waals surface area (Å²) in [6.07, 6.45) is 4.19. The van der Waals surface area contributed by atoms with Crippen molar-refractivity contribution in [1.29, 1.82) is 0 Å². The smallest absolute Gasteiger partial charge is 0.242 e. The van der Waals surface area contributed by atoms with Gasteiger partial charge in [-0.3, -0.25) is 10.2 Å². The van der Waals surface area contributed by atoms with Crippen LogP contribution in [-0.4, -0.2) is 45.8 Å². The first-order valence-electron chi connectivity index (χ1n) is 9.56. The van der Waals surface area contributed by atoms with Gasteiger partial charge in [0.25, 0.3) is 0 Å². The molecule has 140 valence electrons. The molecule has 2 fully saturated rings. The molecule has 26 heavy (non-hydrogen) atoms. The molecular formula is C20H27BrN4O. The third-order valence-corrected chi connectivity index (χ3v) is 7.02. The number of nitrogens with zero attached hydrogens (tertiary/aromatic N) is 1. The number of benzene rings is 1. The molecule has 5 nitrogen and oxygen atoms in total. The first-order chi connectivity index (χ1) is 12.6. The van der Waals surface area contributed by atoms with Gasteiger partial charge in [0.1, 0.15) is 6.04 Å². The molecule has 2 aliphatic heterocycles. The Balaban J connectivity index is 1.40. The molecule has 0 aliphatic carbocycles. The van der Waals surface area contributed by atoms with Crippen LogP contribution in [0.4, 0.5) is 0 Å². The van der Waals surface area contributed by atoms with Gasteiger partial charge in [-0.1, -0.05) is 48.0 Å². The Labute approximate surface area is 163 Å². The second-order valence-electron chi connectivity index (χ2n) is 7.87. The lowest BCUT2D eigenvalue weighted by molar-refractivity contribution is -0.134. The van der Waals surface area contributed by atoms with E-state index in [1.807, 2.05) is 4.90 Å². The number of likely N-dealkylation sites (tertiary alicyclic amines) is 1. The number of amides is 1. The Kier molecular flexibility index (Phi) is 5.08. The van der Waals surface area contributed by atoms with Gasteiger partial charge in [0.2, 0.25) is 5.91 Å². The van der Waals surface area contributed by atoms with Crippen molar-refractivity contribution >= 4 is 32.7 Å². The maximum Gasteiger partial charge on any atom is 0.242 e. The molecule has 0 radical (unpaired) electrons. The van der Waals surface area contributed by atoms with E-state index in [1.165, 1.54) is 16.5 Å². The fourth-order valence-corrected chi connectivity index (χ4v) is 5.43. The van der Waals surface area contributed by atoms with Crippen LogP contribution in [0.15, 0.2) is 30.5 Å². The highest BCUT2D eigenvalue weighted by Crippen LogP contribution is 2.33. The molecule has 4 rings (SSSR count). The first kappa shape index (κ1) is 18.0. The summed E-state index contributed by atoms with van der Waals surface area (Å²) in [5.74, 6) is 1.20. The number of aromatic nitrogens is 1. The fourth-order valence-electron chi connectivity index (χ4n) is 4.32. The minimum absolute atomic E-state index is 0.126. The van der Waals surface area contributed by atoms with Crippen molar-refractivity contribution in [2.24, 2.45) is 5.92 Å². The van der Waals surface area contributed by atoms with Crippen molar-refractivity contribution in [2.75, 3.05) is 13.1 Å². The lowest BCUT2D eigenvalue weighted by atomic mass is 9.89. The Morgan fingerprint density at radius 3 is 2.62 bits per heavy atom. The predicted octanol–water partition coefficient (Wildman–Crippen LogP) is 3.14. The van der Waals surface area contributed by atoms with Crippen molar-refractivity contribution < 1.29 is 4.79 Å². The summed E-state index contributed by atoms with van der Waals surface area (Å²) in [7, 11) is 0. The third-order valence-electron chi connectivity index (χ3n) is 5.92. The maximum absolute atomic E-state index is 13.0. The number of hydrazine groups is 1. The van der Waals surface area contributed by atoms with Crippen LogP contribution in [0.2, 0.25) is 0 Å². The second kappa shape index (κ2) is 7.33. The van der Waals surface area contributed by atoms with E-state index in [4.69, 9.17) is 0 Å². The molecule has 2 aromatic rings. The van der Waals surface area contributed by atoms with Crippen LogP contribution < -0.4 is 10.9 Å². The van der Waals surface area contributed by atoms with Gasteiger partial charge in [-0.15, -0.1) is 0 Å². The van der Waals surface area contributed by atoms with E-state index < -0.39 is 0 Å². The fraction of sp³-hybridized carbons (Fsp3) is 0.550. The highest BCUT2D eigenvalue weighted by molar-refractivity contribution is 9.09. The molecule has 3 unspecified atom stereocenters. The van der Waals surface area contributed by atoms with Crippen molar-refractivity contribution in [3.63, 3.8) is 0 Å². The van der Waals surface area contributed by atoms with Gasteiger partial charge in [0, 0.05) is 36.2 Å². The van der Waals surface area contributed by atoms with E-state index in [9.17, 15) is 4.79 Å². The minimum atomic E-state index is -0.188. The van der Waals surface area contributed by atoms with Gasteiger partial charge < -0.3 is 9.88 Å². The molecular weight excluding hydrogens is 392 g/mol. The Morgan fingerprint density at radius 1 is 1.19 bits per heavy atom. The van der Waals surface area contributed by atoms with Crippen molar-refractivity contribution in [1.82, 2.24) is 20.7 Å². The van der Waals surface area contributed by atoms with Crippen LogP contribution in [0.5, 0.6) is 0 Å².